The monoisotopic (exact) mass is 391 g/mol. The fourth-order valence-corrected chi connectivity index (χ4v) is 5.23. The van der Waals surface area contributed by atoms with E-state index in [1.54, 1.807) is 7.11 Å². The standard InChI is InChI=1S/C19H25NO4.2C2H6/c1-20-8-7-18-5-6-19(22-9-10-23-19)11-15(18)24-17-14(21-2)4-3-13(12-20)16(17)18;2*1-2/h3-4,15H,5-12H2,1-2H3;2*1-2H3. The zero-order valence-electron chi connectivity index (χ0n) is 18.5. The lowest BCUT2D eigenvalue weighted by molar-refractivity contribution is -0.202. The van der Waals surface area contributed by atoms with Crippen molar-refractivity contribution in [3.8, 4) is 11.5 Å². The molecule has 0 amide bonds. The molecule has 2 unspecified atom stereocenters. The van der Waals surface area contributed by atoms with Crippen LogP contribution in [0.1, 0.15) is 64.5 Å². The molecule has 2 atom stereocenters. The predicted molar refractivity (Wildman–Crippen MR) is 111 cm³/mol. The maximum absolute atomic E-state index is 6.52. The largest absolute Gasteiger partial charge is 0.493 e. The summed E-state index contributed by atoms with van der Waals surface area (Å²) in [5, 5.41) is 0. The van der Waals surface area contributed by atoms with E-state index >= 15 is 0 Å². The van der Waals surface area contributed by atoms with Gasteiger partial charge in [-0.25, -0.2) is 0 Å². The van der Waals surface area contributed by atoms with Crippen molar-refractivity contribution in [2.75, 3.05) is 33.9 Å². The highest BCUT2D eigenvalue weighted by molar-refractivity contribution is 5.59. The van der Waals surface area contributed by atoms with Crippen molar-refractivity contribution >= 4 is 0 Å². The molecule has 158 valence electrons. The fraction of sp³-hybridized carbons (Fsp3) is 0.739. The quantitative estimate of drug-likeness (QED) is 0.704. The topological polar surface area (TPSA) is 40.2 Å². The van der Waals surface area contributed by atoms with Crippen LogP contribution in [0.4, 0.5) is 0 Å². The summed E-state index contributed by atoms with van der Waals surface area (Å²) in [5.41, 5.74) is 2.85. The predicted octanol–water partition coefficient (Wildman–Crippen LogP) is 4.51. The molecule has 0 aromatic heterocycles. The third-order valence-electron chi connectivity index (χ3n) is 6.44. The fourth-order valence-electron chi connectivity index (χ4n) is 5.23. The van der Waals surface area contributed by atoms with Gasteiger partial charge < -0.3 is 23.8 Å². The van der Waals surface area contributed by atoms with Gasteiger partial charge in [0.2, 0.25) is 0 Å². The molecule has 1 aliphatic carbocycles. The highest BCUT2D eigenvalue weighted by Crippen LogP contribution is 2.59. The number of methoxy groups -OCH3 is 1. The molecule has 4 aliphatic rings. The van der Waals surface area contributed by atoms with E-state index in [1.807, 2.05) is 27.7 Å². The average molecular weight is 392 g/mol. The second-order valence-electron chi connectivity index (χ2n) is 7.69. The minimum Gasteiger partial charge on any atom is -0.493 e. The summed E-state index contributed by atoms with van der Waals surface area (Å²) in [5.74, 6) is 1.39. The molecule has 3 heterocycles. The first-order valence-corrected chi connectivity index (χ1v) is 11.0. The first-order chi connectivity index (χ1) is 13.7. The van der Waals surface area contributed by atoms with Crippen molar-refractivity contribution in [2.24, 2.45) is 0 Å². The Hall–Kier alpha value is -1.30. The Balaban J connectivity index is 0.000000531. The molecule has 3 aliphatic heterocycles. The molecule has 2 spiro atoms. The van der Waals surface area contributed by atoms with Gasteiger partial charge >= 0.3 is 0 Å². The van der Waals surface area contributed by atoms with Crippen LogP contribution in [-0.4, -0.2) is 50.7 Å². The van der Waals surface area contributed by atoms with E-state index in [1.165, 1.54) is 11.1 Å². The molecule has 2 fully saturated rings. The summed E-state index contributed by atoms with van der Waals surface area (Å²) < 4.78 is 24.1. The van der Waals surface area contributed by atoms with Crippen molar-refractivity contribution < 1.29 is 18.9 Å². The van der Waals surface area contributed by atoms with Crippen LogP contribution < -0.4 is 9.47 Å². The first kappa shape index (κ1) is 21.4. The molecule has 1 saturated heterocycles. The Bertz CT molecular complexity index is 671. The summed E-state index contributed by atoms with van der Waals surface area (Å²) in [4.78, 5) is 2.42. The highest BCUT2D eigenvalue weighted by Gasteiger charge is 2.59. The Labute approximate surface area is 170 Å². The van der Waals surface area contributed by atoms with E-state index in [-0.39, 0.29) is 11.5 Å². The van der Waals surface area contributed by atoms with E-state index in [0.29, 0.717) is 13.2 Å². The van der Waals surface area contributed by atoms with Crippen molar-refractivity contribution in [3.05, 3.63) is 23.3 Å². The molecule has 0 radical (unpaired) electrons. The number of nitrogens with zero attached hydrogens (tertiary/aromatic N) is 1. The Morgan fingerprint density at radius 3 is 2.43 bits per heavy atom. The molecule has 1 saturated carbocycles. The minimum absolute atomic E-state index is 0.0739. The first-order valence-electron chi connectivity index (χ1n) is 11.0. The van der Waals surface area contributed by atoms with Gasteiger partial charge in [0.25, 0.3) is 0 Å². The van der Waals surface area contributed by atoms with Gasteiger partial charge in [-0.1, -0.05) is 33.8 Å². The van der Waals surface area contributed by atoms with E-state index in [2.05, 4.69) is 24.1 Å². The van der Waals surface area contributed by atoms with E-state index in [4.69, 9.17) is 18.9 Å². The number of ether oxygens (including phenoxy) is 4. The molecule has 5 rings (SSSR count). The van der Waals surface area contributed by atoms with Gasteiger partial charge in [0, 0.05) is 30.4 Å². The van der Waals surface area contributed by atoms with Gasteiger partial charge in [-0.3, -0.25) is 0 Å². The number of benzene rings is 1. The SMILES string of the molecule is CC.CC.COc1ccc2c3c1OC1CC4(CCC31CCN(C)C2)OCCO4. The van der Waals surface area contributed by atoms with Crippen LogP contribution in [0.5, 0.6) is 11.5 Å². The van der Waals surface area contributed by atoms with Gasteiger partial charge in [0.15, 0.2) is 17.3 Å². The van der Waals surface area contributed by atoms with Gasteiger partial charge in [0.05, 0.1) is 20.3 Å². The molecule has 28 heavy (non-hydrogen) atoms. The minimum atomic E-state index is -0.427. The molecule has 1 aromatic carbocycles. The van der Waals surface area contributed by atoms with E-state index < -0.39 is 5.79 Å². The summed E-state index contributed by atoms with van der Waals surface area (Å²) in [6.07, 6.45) is 4.05. The molecule has 5 nitrogen and oxygen atoms in total. The summed E-state index contributed by atoms with van der Waals surface area (Å²) >= 11 is 0. The number of hydrogen-bond donors (Lipinski definition) is 0. The molecular weight excluding hydrogens is 354 g/mol. The van der Waals surface area contributed by atoms with Crippen LogP contribution in [0, 0.1) is 0 Å². The molecule has 5 heteroatoms. The zero-order chi connectivity index (χ0) is 20.4. The highest BCUT2D eigenvalue weighted by atomic mass is 16.7. The van der Waals surface area contributed by atoms with Gasteiger partial charge in [-0.05, 0) is 38.1 Å². The molecular formula is C23H37NO4. The van der Waals surface area contributed by atoms with Crippen LogP contribution >= 0.6 is 0 Å². The van der Waals surface area contributed by atoms with E-state index in [9.17, 15) is 0 Å². The third kappa shape index (κ3) is 3.31. The van der Waals surface area contributed by atoms with Gasteiger partial charge in [-0.2, -0.15) is 0 Å². The van der Waals surface area contributed by atoms with E-state index in [0.717, 1.165) is 50.3 Å². The van der Waals surface area contributed by atoms with Gasteiger partial charge in [0.1, 0.15) is 6.10 Å². The van der Waals surface area contributed by atoms with Crippen LogP contribution in [0.2, 0.25) is 0 Å². The van der Waals surface area contributed by atoms with Crippen LogP contribution in [0.15, 0.2) is 12.1 Å². The maximum Gasteiger partial charge on any atom is 0.172 e. The molecule has 1 aromatic rings. The lowest BCUT2D eigenvalue weighted by Gasteiger charge is -2.45. The Morgan fingerprint density at radius 1 is 1.04 bits per heavy atom. The maximum atomic E-state index is 6.52. The third-order valence-corrected chi connectivity index (χ3v) is 6.44. The lowest BCUT2D eigenvalue weighted by atomic mass is 9.64. The molecule has 0 N–H and O–H groups in total. The van der Waals surface area contributed by atoms with Crippen molar-refractivity contribution in [1.82, 2.24) is 4.90 Å². The van der Waals surface area contributed by atoms with Crippen molar-refractivity contribution in [3.63, 3.8) is 0 Å². The average Bonchev–Trinajstić information content (AvgIpc) is 3.29. The number of rotatable bonds is 1. The van der Waals surface area contributed by atoms with Crippen LogP contribution in [-0.2, 0) is 21.4 Å². The second-order valence-corrected chi connectivity index (χ2v) is 7.69. The summed E-state index contributed by atoms with van der Waals surface area (Å²) in [6.45, 7) is 11.5. The lowest BCUT2D eigenvalue weighted by Crippen LogP contribution is -2.51. The van der Waals surface area contributed by atoms with Gasteiger partial charge in [-0.15, -0.1) is 0 Å². The van der Waals surface area contributed by atoms with Crippen LogP contribution in [0.3, 0.4) is 0 Å². The Morgan fingerprint density at radius 2 is 1.75 bits per heavy atom. The second kappa shape index (κ2) is 8.60. The summed E-state index contributed by atoms with van der Waals surface area (Å²) in [7, 11) is 3.93. The van der Waals surface area contributed by atoms with Crippen molar-refractivity contribution in [1.29, 1.82) is 0 Å². The molecule has 0 bridgehead atoms. The summed E-state index contributed by atoms with van der Waals surface area (Å²) in [6, 6.07) is 4.27. The number of hydrogen-bond acceptors (Lipinski definition) is 5. The Kier molecular flexibility index (Phi) is 6.58. The smallest absolute Gasteiger partial charge is 0.172 e. The van der Waals surface area contributed by atoms with Crippen LogP contribution in [0.25, 0.3) is 0 Å². The normalized spacial score (nSPS) is 29.3. The van der Waals surface area contributed by atoms with Crippen molar-refractivity contribution in [2.45, 2.75) is 77.2 Å². The zero-order valence-corrected chi connectivity index (χ0v) is 18.5.